The first-order chi connectivity index (χ1) is 9.81. The van der Waals surface area contributed by atoms with E-state index in [1.165, 1.54) is 51.5 Å². The lowest BCUT2D eigenvalue weighted by Gasteiger charge is -2.16. The lowest BCUT2D eigenvalue weighted by molar-refractivity contribution is 0.0399. The molecule has 0 rings (SSSR count). The molecule has 0 aliphatic rings. The van der Waals surface area contributed by atoms with E-state index in [1.54, 1.807) is 0 Å². The van der Waals surface area contributed by atoms with Gasteiger partial charge in [-0.2, -0.15) is 0 Å². The summed E-state index contributed by atoms with van der Waals surface area (Å²) in [6.07, 6.45) is 10.6. The molecule has 0 amide bonds. The minimum absolute atomic E-state index is 0.731. The van der Waals surface area contributed by atoms with Crippen LogP contribution in [0, 0.1) is 0 Å². The maximum Gasteiger partial charge on any atom is 0.0701 e. The second-order valence-corrected chi connectivity index (χ2v) is 5.65. The van der Waals surface area contributed by atoms with Crippen molar-refractivity contribution in [2.45, 2.75) is 65.2 Å². The summed E-state index contributed by atoms with van der Waals surface area (Å²) in [4.78, 5) is 2.37. The van der Waals surface area contributed by atoms with Gasteiger partial charge in [-0.3, -0.25) is 0 Å². The molecule has 0 heterocycles. The molecular weight excluding hydrogens is 250 g/mol. The SMILES string of the molecule is CCCCCCCCN(C)CCOCCOCCCC. The molecule has 0 saturated carbocycles. The molecule has 0 aliphatic carbocycles. The summed E-state index contributed by atoms with van der Waals surface area (Å²) >= 11 is 0. The number of nitrogens with zero attached hydrogens (tertiary/aromatic N) is 1. The molecule has 20 heavy (non-hydrogen) atoms. The predicted molar refractivity (Wildman–Crippen MR) is 87.4 cm³/mol. The first kappa shape index (κ1) is 19.9. The van der Waals surface area contributed by atoms with E-state index in [1.807, 2.05) is 0 Å². The van der Waals surface area contributed by atoms with Gasteiger partial charge in [0.25, 0.3) is 0 Å². The third kappa shape index (κ3) is 15.9. The van der Waals surface area contributed by atoms with E-state index < -0.39 is 0 Å². The quantitative estimate of drug-likeness (QED) is 0.399. The highest BCUT2D eigenvalue weighted by molar-refractivity contribution is 4.52. The van der Waals surface area contributed by atoms with E-state index in [9.17, 15) is 0 Å². The van der Waals surface area contributed by atoms with Crippen molar-refractivity contribution in [3.8, 4) is 0 Å². The average Bonchev–Trinajstić information content (AvgIpc) is 2.45. The van der Waals surface area contributed by atoms with Crippen LogP contribution in [0.15, 0.2) is 0 Å². The molecule has 3 nitrogen and oxygen atoms in total. The van der Waals surface area contributed by atoms with Gasteiger partial charge in [-0.25, -0.2) is 0 Å². The van der Waals surface area contributed by atoms with Crippen molar-refractivity contribution in [3.05, 3.63) is 0 Å². The standard InChI is InChI=1S/C17H37NO2/c1-4-6-8-9-10-11-12-18(3)13-15-20-17-16-19-14-7-5-2/h4-17H2,1-3H3. The number of unbranched alkanes of at least 4 members (excludes halogenated alkanes) is 6. The van der Waals surface area contributed by atoms with Gasteiger partial charge in [0.15, 0.2) is 0 Å². The number of ether oxygens (including phenoxy) is 2. The van der Waals surface area contributed by atoms with Gasteiger partial charge in [-0.1, -0.05) is 52.4 Å². The lowest BCUT2D eigenvalue weighted by Crippen LogP contribution is -2.25. The molecule has 122 valence electrons. The highest BCUT2D eigenvalue weighted by Crippen LogP contribution is 2.05. The van der Waals surface area contributed by atoms with Crippen molar-refractivity contribution >= 4 is 0 Å². The molecule has 0 N–H and O–H groups in total. The van der Waals surface area contributed by atoms with Crippen LogP contribution in [0.5, 0.6) is 0 Å². The maximum atomic E-state index is 5.58. The monoisotopic (exact) mass is 287 g/mol. The zero-order chi connectivity index (χ0) is 14.9. The van der Waals surface area contributed by atoms with Crippen molar-refractivity contribution in [1.82, 2.24) is 4.90 Å². The zero-order valence-electron chi connectivity index (χ0n) is 14.2. The molecule has 0 spiro atoms. The molecular formula is C17H37NO2. The Bertz CT molecular complexity index is 176. The fourth-order valence-electron chi connectivity index (χ4n) is 2.06. The normalized spacial score (nSPS) is 11.4. The summed E-state index contributed by atoms with van der Waals surface area (Å²) in [6.45, 7) is 9.84. The largest absolute Gasteiger partial charge is 0.379 e. The van der Waals surface area contributed by atoms with Gasteiger partial charge >= 0.3 is 0 Å². The van der Waals surface area contributed by atoms with Crippen LogP contribution < -0.4 is 0 Å². The Labute approximate surface area is 127 Å². The Hall–Kier alpha value is -0.120. The van der Waals surface area contributed by atoms with Crippen LogP contribution in [-0.2, 0) is 9.47 Å². The topological polar surface area (TPSA) is 21.7 Å². The molecule has 0 aromatic carbocycles. The number of hydrogen-bond acceptors (Lipinski definition) is 3. The molecule has 0 bridgehead atoms. The first-order valence-corrected chi connectivity index (χ1v) is 8.65. The lowest BCUT2D eigenvalue weighted by atomic mass is 10.1. The molecule has 0 saturated heterocycles. The number of hydrogen-bond donors (Lipinski definition) is 0. The Kier molecular flexibility index (Phi) is 16.8. The average molecular weight is 287 g/mol. The third-order valence-corrected chi connectivity index (χ3v) is 3.52. The minimum Gasteiger partial charge on any atom is -0.379 e. The van der Waals surface area contributed by atoms with E-state index in [0.717, 1.165) is 39.4 Å². The highest BCUT2D eigenvalue weighted by atomic mass is 16.5. The van der Waals surface area contributed by atoms with Crippen LogP contribution in [0.2, 0.25) is 0 Å². The van der Waals surface area contributed by atoms with E-state index in [2.05, 4.69) is 25.8 Å². The van der Waals surface area contributed by atoms with Crippen molar-refractivity contribution < 1.29 is 9.47 Å². The summed E-state index contributed by atoms with van der Waals surface area (Å²) in [6, 6.07) is 0. The maximum absolute atomic E-state index is 5.58. The van der Waals surface area contributed by atoms with Crippen LogP contribution in [-0.4, -0.2) is 51.5 Å². The van der Waals surface area contributed by atoms with Gasteiger partial charge in [0.05, 0.1) is 19.8 Å². The van der Waals surface area contributed by atoms with Crippen molar-refractivity contribution in [3.63, 3.8) is 0 Å². The summed E-state index contributed by atoms with van der Waals surface area (Å²) in [5.74, 6) is 0. The molecule has 0 radical (unpaired) electrons. The fraction of sp³-hybridized carbons (Fsp3) is 1.00. The third-order valence-electron chi connectivity index (χ3n) is 3.52. The summed E-state index contributed by atoms with van der Waals surface area (Å²) < 4.78 is 11.0. The van der Waals surface area contributed by atoms with E-state index >= 15 is 0 Å². The van der Waals surface area contributed by atoms with Gasteiger partial charge in [0.1, 0.15) is 0 Å². The van der Waals surface area contributed by atoms with E-state index in [0.29, 0.717) is 0 Å². The summed E-state index contributed by atoms with van der Waals surface area (Å²) in [5.41, 5.74) is 0. The second kappa shape index (κ2) is 16.9. The summed E-state index contributed by atoms with van der Waals surface area (Å²) in [7, 11) is 2.19. The molecule has 0 aromatic rings. The molecule has 0 atom stereocenters. The van der Waals surface area contributed by atoms with Gasteiger partial charge < -0.3 is 14.4 Å². The summed E-state index contributed by atoms with van der Waals surface area (Å²) in [5, 5.41) is 0. The molecule has 0 unspecified atom stereocenters. The predicted octanol–water partition coefficient (Wildman–Crippen LogP) is 4.11. The molecule has 0 aromatic heterocycles. The Balaban J connectivity index is 3.10. The van der Waals surface area contributed by atoms with Gasteiger partial charge in [-0.15, -0.1) is 0 Å². The van der Waals surface area contributed by atoms with Crippen molar-refractivity contribution in [2.75, 3.05) is 46.6 Å². The van der Waals surface area contributed by atoms with E-state index in [4.69, 9.17) is 9.47 Å². The smallest absolute Gasteiger partial charge is 0.0701 e. The van der Waals surface area contributed by atoms with Crippen LogP contribution in [0.3, 0.4) is 0 Å². The molecule has 0 fully saturated rings. The van der Waals surface area contributed by atoms with Crippen LogP contribution >= 0.6 is 0 Å². The molecule has 0 aliphatic heterocycles. The Morgan fingerprint density at radius 2 is 1.20 bits per heavy atom. The van der Waals surface area contributed by atoms with Crippen LogP contribution in [0.25, 0.3) is 0 Å². The van der Waals surface area contributed by atoms with E-state index in [-0.39, 0.29) is 0 Å². The van der Waals surface area contributed by atoms with Gasteiger partial charge in [-0.05, 0) is 26.4 Å². The van der Waals surface area contributed by atoms with Crippen LogP contribution in [0.4, 0.5) is 0 Å². The highest BCUT2D eigenvalue weighted by Gasteiger charge is 1.98. The zero-order valence-corrected chi connectivity index (χ0v) is 14.2. The Morgan fingerprint density at radius 1 is 0.600 bits per heavy atom. The Morgan fingerprint density at radius 3 is 1.90 bits per heavy atom. The number of rotatable bonds is 16. The number of likely N-dealkylation sites (N-methyl/N-ethyl adjacent to an activating group) is 1. The minimum atomic E-state index is 0.731. The van der Waals surface area contributed by atoms with Crippen molar-refractivity contribution in [2.24, 2.45) is 0 Å². The first-order valence-electron chi connectivity index (χ1n) is 8.65. The van der Waals surface area contributed by atoms with Gasteiger partial charge in [0, 0.05) is 13.2 Å². The van der Waals surface area contributed by atoms with Crippen molar-refractivity contribution in [1.29, 1.82) is 0 Å². The fourth-order valence-corrected chi connectivity index (χ4v) is 2.06. The van der Waals surface area contributed by atoms with Gasteiger partial charge in [0.2, 0.25) is 0 Å². The molecule has 3 heteroatoms. The second-order valence-electron chi connectivity index (χ2n) is 5.65. The van der Waals surface area contributed by atoms with Crippen LogP contribution in [0.1, 0.15) is 65.2 Å².